The van der Waals surface area contributed by atoms with E-state index in [1.807, 2.05) is 25.1 Å². The molecule has 36 heavy (non-hydrogen) atoms. The van der Waals surface area contributed by atoms with Crippen molar-refractivity contribution in [3.8, 4) is 0 Å². The van der Waals surface area contributed by atoms with Crippen molar-refractivity contribution in [3.05, 3.63) is 100 Å². The van der Waals surface area contributed by atoms with E-state index in [1.165, 1.54) is 6.07 Å². The van der Waals surface area contributed by atoms with Crippen molar-refractivity contribution in [2.75, 3.05) is 0 Å². The average molecular weight is 484 g/mol. The number of hydrogen-bond donors (Lipinski definition) is 1. The minimum Gasteiger partial charge on any atom is -0.346 e. The number of halogens is 1. The first-order chi connectivity index (χ1) is 17.5. The topological polar surface area (TPSA) is 98.5 Å². The van der Waals surface area contributed by atoms with Crippen molar-refractivity contribution >= 4 is 17.6 Å². The summed E-state index contributed by atoms with van der Waals surface area (Å²) in [6, 6.07) is 12.5. The molecule has 8 nitrogen and oxygen atoms in total. The predicted octanol–water partition coefficient (Wildman–Crippen LogP) is 3.96. The summed E-state index contributed by atoms with van der Waals surface area (Å²) >= 11 is 0. The number of aryl methyl sites for hydroxylation is 3. The number of carbonyl (C=O) groups excluding carboxylic acids is 1. The van der Waals surface area contributed by atoms with Crippen LogP contribution in [0.3, 0.4) is 0 Å². The highest BCUT2D eigenvalue weighted by Crippen LogP contribution is 2.30. The van der Waals surface area contributed by atoms with Crippen LogP contribution in [0.2, 0.25) is 0 Å². The number of hydrogen-bond acceptors (Lipinski definition) is 6. The molecule has 1 amide bonds. The van der Waals surface area contributed by atoms with Gasteiger partial charge < -0.3 is 5.32 Å². The van der Waals surface area contributed by atoms with E-state index in [4.69, 9.17) is 0 Å². The monoisotopic (exact) mass is 483 g/mol. The lowest BCUT2D eigenvalue weighted by molar-refractivity contribution is 0.0945. The van der Waals surface area contributed by atoms with Crippen LogP contribution in [0.1, 0.15) is 57.1 Å². The molecule has 182 valence electrons. The Bertz CT molecular complexity index is 1410. The van der Waals surface area contributed by atoms with Gasteiger partial charge in [0.15, 0.2) is 5.69 Å². The van der Waals surface area contributed by atoms with Crippen LogP contribution in [-0.2, 0) is 25.9 Å². The third kappa shape index (κ3) is 5.68. The van der Waals surface area contributed by atoms with Crippen molar-refractivity contribution < 1.29 is 9.18 Å². The molecule has 0 radical (unpaired) electrons. The fraction of sp³-hybridized carbons (Fsp3) is 0.259. The largest absolute Gasteiger partial charge is 0.346 e. The van der Waals surface area contributed by atoms with Crippen LogP contribution in [0.4, 0.5) is 4.39 Å². The van der Waals surface area contributed by atoms with Gasteiger partial charge in [0.2, 0.25) is 0 Å². The summed E-state index contributed by atoms with van der Waals surface area (Å²) in [4.78, 5) is 16.6. The summed E-state index contributed by atoms with van der Waals surface area (Å²) in [7, 11) is 0. The zero-order valence-electron chi connectivity index (χ0n) is 20.0. The molecule has 0 spiro atoms. The molecular formula is C27H26FN7O. The van der Waals surface area contributed by atoms with Gasteiger partial charge in [-0.3, -0.25) is 14.5 Å². The molecule has 0 aliphatic heterocycles. The number of pyridine rings is 1. The SMILES string of the molecule is Cc1ccc(CNC(=O)c2cn(CCCCc3cc4c(nn3)CC(c3cccc(F)c3)=C4)nn2)cn1. The molecule has 1 aromatic carbocycles. The molecule has 3 heterocycles. The average Bonchev–Trinajstić information content (AvgIpc) is 3.53. The van der Waals surface area contributed by atoms with Crippen LogP contribution >= 0.6 is 0 Å². The van der Waals surface area contributed by atoms with Gasteiger partial charge in [-0.25, -0.2) is 4.39 Å². The Morgan fingerprint density at radius 2 is 2.03 bits per heavy atom. The quantitative estimate of drug-likeness (QED) is 0.362. The second-order valence-corrected chi connectivity index (χ2v) is 8.91. The molecule has 4 aromatic rings. The van der Waals surface area contributed by atoms with Crippen LogP contribution < -0.4 is 5.32 Å². The maximum absolute atomic E-state index is 13.6. The molecule has 0 saturated carbocycles. The first-order valence-corrected chi connectivity index (χ1v) is 12.0. The summed E-state index contributed by atoms with van der Waals surface area (Å²) in [5.41, 5.74) is 6.98. The van der Waals surface area contributed by atoms with Gasteiger partial charge in [-0.05, 0) is 73.2 Å². The molecular weight excluding hydrogens is 457 g/mol. The van der Waals surface area contributed by atoms with Gasteiger partial charge >= 0.3 is 0 Å². The lowest BCUT2D eigenvalue weighted by Gasteiger charge is -2.04. The van der Waals surface area contributed by atoms with Gasteiger partial charge in [0.1, 0.15) is 5.82 Å². The van der Waals surface area contributed by atoms with Gasteiger partial charge in [-0.2, -0.15) is 10.2 Å². The zero-order chi connectivity index (χ0) is 24.9. The molecule has 1 N–H and O–H groups in total. The van der Waals surface area contributed by atoms with Crippen LogP contribution in [0.15, 0.2) is 54.9 Å². The number of amides is 1. The first-order valence-electron chi connectivity index (χ1n) is 12.0. The lowest BCUT2D eigenvalue weighted by atomic mass is 10.1. The van der Waals surface area contributed by atoms with Crippen LogP contribution in [0.5, 0.6) is 0 Å². The Kier molecular flexibility index (Phi) is 6.88. The number of allylic oxidation sites excluding steroid dienone is 1. The molecule has 1 aliphatic rings. The Hall–Kier alpha value is -4.27. The minimum absolute atomic E-state index is 0.240. The fourth-order valence-corrected chi connectivity index (χ4v) is 4.12. The predicted molar refractivity (Wildman–Crippen MR) is 133 cm³/mol. The molecule has 9 heteroatoms. The van der Waals surface area contributed by atoms with Crippen molar-refractivity contribution in [2.24, 2.45) is 0 Å². The van der Waals surface area contributed by atoms with Crippen molar-refractivity contribution in [3.63, 3.8) is 0 Å². The maximum atomic E-state index is 13.6. The fourth-order valence-electron chi connectivity index (χ4n) is 4.12. The second-order valence-electron chi connectivity index (χ2n) is 8.91. The number of nitrogens with zero attached hydrogens (tertiary/aromatic N) is 6. The van der Waals surface area contributed by atoms with E-state index in [0.29, 0.717) is 25.2 Å². The number of fused-ring (bicyclic) bond motifs is 1. The molecule has 0 saturated heterocycles. The third-order valence-corrected chi connectivity index (χ3v) is 6.10. The van der Waals surface area contributed by atoms with E-state index in [0.717, 1.165) is 58.6 Å². The molecule has 1 aliphatic carbocycles. The van der Waals surface area contributed by atoms with Gasteiger partial charge in [-0.15, -0.1) is 5.10 Å². The smallest absolute Gasteiger partial charge is 0.273 e. The van der Waals surface area contributed by atoms with Gasteiger partial charge in [0, 0.05) is 37.0 Å². The molecule has 0 bridgehead atoms. The number of benzene rings is 1. The van der Waals surface area contributed by atoms with Gasteiger partial charge in [0.25, 0.3) is 5.91 Å². The maximum Gasteiger partial charge on any atom is 0.273 e. The van der Waals surface area contributed by atoms with E-state index >= 15 is 0 Å². The van der Waals surface area contributed by atoms with Crippen molar-refractivity contribution in [1.82, 2.24) is 35.5 Å². The van der Waals surface area contributed by atoms with E-state index in [9.17, 15) is 9.18 Å². The standard InChI is InChI=1S/C27H26FN7O/c1-18-8-9-19(15-29-18)16-30-27(36)26-17-35(34-33-26)10-3-2-7-24-13-22-11-21(14-25(22)32-31-24)20-5-4-6-23(28)12-20/h4-6,8-9,11-13,15,17H,2-3,7,10,14,16H2,1H3,(H,30,36). The number of nitrogens with one attached hydrogen (secondary N) is 1. The molecule has 3 aromatic heterocycles. The molecule has 0 atom stereocenters. The Balaban J connectivity index is 1.09. The minimum atomic E-state index is -0.263. The Morgan fingerprint density at radius 3 is 2.86 bits per heavy atom. The molecule has 0 fully saturated rings. The Morgan fingerprint density at radius 1 is 1.11 bits per heavy atom. The Labute approximate surface area is 208 Å². The van der Waals surface area contributed by atoms with E-state index in [1.54, 1.807) is 29.2 Å². The van der Waals surface area contributed by atoms with E-state index in [2.05, 4.69) is 43.0 Å². The van der Waals surface area contributed by atoms with Gasteiger partial charge in [-0.1, -0.05) is 23.4 Å². The zero-order valence-corrected chi connectivity index (χ0v) is 20.0. The second kappa shape index (κ2) is 10.6. The van der Waals surface area contributed by atoms with Crippen molar-refractivity contribution in [1.29, 1.82) is 0 Å². The summed E-state index contributed by atoms with van der Waals surface area (Å²) in [5.74, 6) is -0.503. The molecule has 5 rings (SSSR count). The number of rotatable bonds is 9. The van der Waals surface area contributed by atoms with E-state index < -0.39 is 0 Å². The number of aromatic nitrogens is 6. The third-order valence-electron chi connectivity index (χ3n) is 6.10. The van der Waals surface area contributed by atoms with Crippen LogP contribution in [0, 0.1) is 12.7 Å². The summed E-state index contributed by atoms with van der Waals surface area (Å²) < 4.78 is 15.3. The summed E-state index contributed by atoms with van der Waals surface area (Å²) in [5, 5.41) is 19.7. The van der Waals surface area contributed by atoms with Crippen molar-refractivity contribution in [2.45, 2.75) is 45.7 Å². The van der Waals surface area contributed by atoms with E-state index in [-0.39, 0.29) is 11.7 Å². The van der Waals surface area contributed by atoms with Crippen LogP contribution in [0.25, 0.3) is 11.6 Å². The van der Waals surface area contributed by atoms with Gasteiger partial charge in [0.05, 0.1) is 17.6 Å². The number of carbonyl (C=O) groups is 1. The van der Waals surface area contributed by atoms with Crippen LogP contribution in [-0.4, -0.2) is 36.1 Å². The first kappa shape index (κ1) is 23.5. The highest BCUT2D eigenvalue weighted by atomic mass is 19.1. The normalized spacial score (nSPS) is 12.3. The summed E-state index contributed by atoms with van der Waals surface area (Å²) in [6.07, 6.45) is 8.69. The lowest BCUT2D eigenvalue weighted by Crippen LogP contribution is -2.23. The number of unbranched alkanes of at least 4 members (excludes halogenated alkanes) is 1. The summed E-state index contributed by atoms with van der Waals surface area (Å²) in [6.45, 7) is 2.97. The molecule has 0 unspecified atom stereocenters. The highest BCUT2D eigenvalue weighted by Gasteiger charge is 2.17. The highest BCUT2D eigenvalue weighted by molar-refractivity contribution is 5.91.